The standard InChI is InChI=1S/C17H23ClN4O2/c1-21(10-4-11-6-13-7-12(5-10)22(11)13)17-19-15(18)8-16(20-17)24-14-2-3-23-9-14/h8,10-14H,2-7,9H2,1H3/t10?,11-,12+,13?,14-/m1/s1. The number of ether oxygens (including phenoxy) is 2. The largest absolute Gasteiger partial charge is 0.472 e. The first kappa shape index (κ1) is 15.2. The van der Waals surface area contributed by atoms with E-state index in [1.807, 2.05) is 0 Å². The zero-order valence-electron chi connectivity index (χ0n) is 13.9. The molecule has 7 heteroatoms. The zero-order chi connectivity index (χ0) is 16.3. The van der Waals surface area contributed by atoms with E-state index in [9.17, 15) is 0 Å². The SMILES string of the molecule is CN(c1nc(Cl)cc(O[C@@H]2CCOC2)n1)C1C[C@@H]2CC3C[C@H](C1)N32. The molecule has 5 atom stereocenters. The fourth-order valence-corrected chi connectivity index (χ4v) is 5.02. The summed E-state index contributed by atoms with van der Waals surface area (Å²) in [6.07, 6.45) is 6.10. The predicted molar refractivity (Wildman–Crippen MR) is 90.8 cm³/mol. The van der Waals surface area contributed by atoms with Crippen molar-refractivity contribution in [2.24, 2.45) is 0 Å². The van der Waals surface area contributed by atoms with Gasteiger partial charge in [-0.3, -0.25) is 4.90 Å². The van der Waals surface area contributed by atoms with Crippen LogP contribution in [-0.4, -0.2) is 65.4 Å². The Labute approximate surface area is 147 Å². The first-order valence-corrected chi connectivity index (χ1v) is 9.34. The first-order valence-electron chi connectivity index (χ1n) is 8.96. The van der Waals surface area contributed by atoms with E-state index in [0.717, 1.165) is 31.2 Å². The van der Waals surface area contributed by atoms with Crippen LogP contribution in [0.25, 0.3) is 0 Å². The fourth-order valence-electron chi connectivity index (χ4n) is 4.85. The van der Waals surface area contributed by atoms with Crippen LogP contribution in [0.4, 0.5) is 5.95 Å². The van der Waals surface area contributed by atoms with Crippen molar-refractivity contribution >= 4 is 17.5 Å². The van der Waals surface area contributed by atoms with Crippen LogP contribution in [0.1, 0.15) is 32.1 Å². The Bertz CT molecular complexity index is 623. The third-order valence-corrected chi connectivity index (χ3v) is 6.33. The molecule has 5 rings (SSSR count). The van der Waals surface area contributed by atoms with Gasteiger partial charge in [0.1, 0.15) is 11.3 Å². The predicted octanol–water partition coefficient (Wildman–Crippen LogP) is 2.11. The number of rotatable bonds is 4. The second-order valence-electron chi connectivity index (χ2n) is 7.55. The minimum absolute atomic E-state index is 0.0687. The molecule has 0 radical (unpaired) electrons. The van der Waals surface area contributed by atoms with E-state index in [2.05, 4.69) is 26.8 Å². The minimum atomic E-state index is 0.0687. The molecule has 6 nitrogen and oxygen atoms in total. The van der Waals surface area contributed by atoms with Crippen molar-refractivity contribution in [1.29, 1.82) is 0 Å². The number of aromatic nitrogens is 2. The lowest BCUT2D eigenvalue weighted by atomic mass is 9.68. The number of halogens is 1. The lowest BCUT2D eigenvalue weighted by Gasteiger charge is -2.66. The third-order valence-electron chi connectivity index (χ3n) is 6.14. The molecule has 4 aliphatic rings. The van der Waals surface area contributed by atoms with Crippen LogP contribution in [0.5, 0.6) is 5.88 Å². The Morgan fingerprint density at radius 3 is 2.62 bits per heavy atom. The maximum Gasteiger partial charge on any atom is 0.230 e. The van der Waals surface area contributed by atoms with Crippen LogP contribution in [0.3, 0.4) is 0 Å². The van der Waals surface area contributed by atoms with Crippen LogP contribution in [0.15, 0.2) is 6.07 Å². The Morgan fingerprint density at radius 1 is 1.21 bits per heavy atom. The molecule has 130 valence electrons. The van der Waals surface area contributed by atoms with Gasteiger partial charge in [0.25, 0.3) is 0 Å². The topological polar surface area (TPSA) is 50.7 Å². The molecule has 4 fully saturated rings. The molecule has 0 aromatic carbocycles. The van der Waals surface area contributed by atoms with E-state index in [0.29, 0.717) is 29.6 Å². The summed E-state index contributed by atoms with van der Waals surface area (Å²) in [5, 5.41) is 0.436. The van der Waals surface area contributed by atoms with Gasteiger partial charge in [0.05, 0.1) is 13.2 Å². The average molecular weight is 351 g/mol. The van der Waals surface area contributed by atoms with Crippen LogP contribution in [0, 0.1) is 0 Å². The highest BCUT2D eigenvalue weighted by molar-refractivity contribution is 6.29. The molecule has 0 bridgehead atoms. The minimum Gasteiger partial charge on any atom is -0.472 e. The summed E-state index contributed by atoms with van der Waals surface area (Å²) in [7, 11) is 2.09. The van der Waals surface area contributed by atoms with Crippen LogP contribution >= 0.6 is 11.6 Å². The van der Waals surface area contributed by atoms with Crippen LogP contribution in [-0.2, 0) is 4.74 Å². The monoisotopic (exact) mass is 350 g/mol. The molecule has 0 spiro atoms. The maximum absolute atomic E-state index is 6.22. The molecule has 1 aromatic rings. The summed E-state index contributed by atoms with van der Waals surface area (Å²) in [4.78, 5) is 14.0. The van der Waals surface area contributed by atoms with Crippen molar-refractivity contribution in [3.63, 3.8) is 0 Å². The Hall–Kier alpha value is -1.11. The molecule has 4 aliphatic heterocycles. The fraction of sp³-hybridized carbons (Fsp3) is 0.765. The Balaban J connectivity index is 1.32. The number of hydrogen-bond acceptors (Lipinski definition) is 6. The van der Waals surface area contributed by atoms with Crippen molar-refractivity contribution in [3.05, 3.63) is 11.2 Å². The second-order valence-corrected chi connectivity index (χ2v) is 7.94. The summed E-state index contributed by atoms with van der Waals surface area (Å²) in [5.74, 6) is 1.22. The van der Waals surface area contributed by atoms with Crippen molar-refractivity contribution in [3.8, 4) is 5.88 Å². The van der Waals surface area contributed by atoms with Gasteiger partial charge in [-0.25, -0.2) is 4.98 Å². The molecule has 2 unspecified atom stereocenters. The number of hydrogen-bond donors (Lipinski definition) is 0. The lowest BCUT2D eigenvalue weighted by Crippen LogP contribution is -2.74. The van der Waals surface area contributed by atoms with Gasteiger partial charge in [-0.15, -0.1) is 0 Å². The van der Waals surface area contributed by atoms with E-state index < -0.39 is 0 Å². The highest BCUT2D eigenvalue weighted by Crippen LogP contribution is 2.49. The molecule has 5 heterocycles. The van der Waals surface area contributed by atoms with Gasteiger partial charge in [-0.05, 0) is 25.7 Å². The highest BCUT2D eigenvalue weighted by Gasteiger charge is 2.55. The molecule has 1 aromatic heterocycles. The quantitative estimate of drug-likeness (QED) is 0.775. The van der Waals surface area contributed by atoms with E-state index in [4.69, 9.17) is 21.1 Å². The van der Waals surface area contributed by atoms with Gasteiger partial charge in [-0.1, -0.05) is 11.6 Å². The second kappa shape index (κ2) is 5.71. The van der Waals surface area contributed by atoms with Crippen molar-refractivity contribution in [2.75, 3.05) is 25.2 Å². The van der Waals surface area contributed by atoms with Gasteiger partial charge in [-0.2, -0.15) is 4.98 Å². The van der Waals surface area contributed by atoms with Crippen LogP contribution < -0.4 is 9.64 Å². The van der Waals surface area contributed by atoms with Gasteiger partial charge in [0.15, 0.2) is 0 Å². The van der Waals surface area contributed by atoms with Gasteiger partial charge < -0.3 is 14.4 Å². The zero-order valence-corrected chi connectivity index (χ0v) is 14.7. The Kier molecular flexibility index (Phi) is 3.61. The Morgan fingerprint density at radius 2 is 1.96 bits per heavy atom. The van der Waals surface area contributed by atoms with Crippen molar-refractivity contribution < 1.29 is 9.47 Å². The maximum atomic E-state index is 6.22. The molecule has 0 saturated carbocycles. The summed E-state index contributed by atoms with van der Waals surface area (Å²) in [6.45, 7) is 1.37. The molecule has 4 saturated heterocycles. The number of nitrogens with zero attached hydrogens (tertiary/aromatic N) is 4. The summed E-state index contributed by atoms with van der Waals surface area (Å²) >= 11 is 6.22. The average Bonchev–Trinajstić information content (AvgIpc) is 3.00. The molecule has 0 aliphatic carbocycles. The first-order chi connectivity index (χ1) is 11.7. The van der Waals surface area contributed by atoms with Crippen molar-refractivity contribution in [2.45, 2.75) is 62.4 Å². The summed E-state index contributed by atoms with van der Waals surface area (Å²) in [6, 6.07) is 4.60. The van der Waals surface area contributed by atoms with Crippen LogP contribution in [0.2, 0.25) is 5.15 Å². The normalized spacial score (nSPS) is 37.3. The van der Waals surface area contributed by atoms with Gasteiger partial charge in [0, 0.05) is 43.7 Å². The summed E-state index contributed by atoms with van der Waals surface area (Å²) in [5.41, 5.74) is 0. The molecular weight excluding hydrogens is 328 g/mol. The van der Waals surface area contributed by atoms with E-state index in [1.54, 1.807) is 6.07 Å². The molecule has 0 N–H and O–H groups in total. The number of piperidine rings is 2. The van der Waals surface area contributed by atoms with Gasteiger partial charge in [0.2, 0.25) is 11.8 Å². The molecular formula is C17H23ClN4O2. The highest BCUT2D eigenvalue weighted by atomic mass is 35.5. The number of anilines is 1. The van der Waals surface area contributed by atoms with Gasteiger partial charge >= 0.3 is 0 Å². The smallest absolute Gasteiger partial charge is 0.230 e. The third kappa shape index (κ3) is 2.47. The van der Waals surface area contributed by atoms with Crippen molar-refractivity contribution in [1.82, 2.24) is 14.9 Å². The lowest BCUT2D eigenvalue weighted by molar-refractivity contribution is -0.148. The molecule has 0 amide bonds. The summed E-state index contributed by atoms with van der Waals surface area (Å²) < 4.78 is 11.3. The van der Waals surface area contributed by atoms with E-state index in [1.165, 1.54) is 25.7 Å². The van der Waals surface area contributed by atoms with E-state index in [-0.39, 0.29) is 6.10 Å². The molecule has 24 heavy (non-hydrogen) atoms. The van der Waals surface area contributed by atoms with E-state index >= 15 is 0 Å².